The van der Waals surface area contributed by atoms with Gasteiger partial charge in [0.15, 0.2) is 0 Å². The van der Waals surface area contributed by atoms with E-state index in [4.69, 9.17) is 5.11 Å². The Morgan fingerprint density at radius 1 is 1.43 bits per heavy atom. The summed E-state index contributed by atoms with van der Waals surface area (Å²) in [6.07, 6.45) is 2.16. The van der Waals surface area contributed by atoms with Crippen LogP contribution in [0, 0.1) is 5.92 Å². The van der Waals surface area contributed by atoms with Crippen molar-refractivity contribution in [3.05, 3.63) is 0 Å². The summed E-state index contributed by atoms with van der Waals surface area (Å²) in [5.74, 6) is -1.08. The molecule has 0 aromatic rings. The molecule has 0 aromatic carbocycles. The minimum Gasteiger partial charge on any atom is -0.481 e. The summed E-state index contributed by atoms with van der Waals surface area (Å²) in [4.78, 5) is 10.7. The highest BCUT2D eigenvalue weighted by Crippen LogP contribution is 2.14. The Hall–Kier alpha value is -0.570. The van der Waals surface area contributed by atoms with Crippen LogP contribution in [-0.2, 0) is 4.79 Å². The molecule has 0 fully saturated rings. The lowest BCUT2D eigenvalue weighted by atomic mass is 9.94. The predicted octanol–water partition coefficient (Wildman–Crippen LogP) is 2.26. The molecule has 0 saturated carbocycles. The molecule has 0 bridgehead atoms. The van der Waals surface area contributed by atoms with Crippen molar-refractivity contribution in [1.29, 1.82) is 0 Å². The van der Waals surface area contributed by atoms with Gasteiger partial charge in [-0.15, -0.1) is 0 Å². The van der Waals surface area contributed by atoms with E-state index in [9.17, 15) is 4.79 Å². The van der Waals surface area contributed by atoms with Crippen LogP contribution in [-0.4, -0.2) is 22.7 Å². The molecule has 3 heteroatoms. The van der Waals surface area contributed by atoms with E-state index in [0.717, 1.165) is 12.8 Å². The maximum Gasteiger partial charge on any atom is 0.307 e. The van der Waals surface area contributed by atoms with Crippen molar-refractivity contribution in [3.8, 4) is 0 Å². The van der Waals surface area contributed by atoms with E-state index in [-0.39, 0.29) is 17.5 Å². The van der Waals surface area contributed by atoms with Gasteiger partial charge in [-0.3, -0.25) is 4.79 Å². The topological polar surface area (TPSA) is 49.3 Å². The van der Waals surface area contributed by atoms with Crippen LogP contribution in [0.2, 0.25) is 0 Å². The van der Waals surface area contributed by atoms with Gasteiger partial charge >= 0.3 is 5.97 Å². The largest absolute Gasteiger partial charge is 0.481 e. The second kappa shape index (κ2) is 5.35. The van der Waals surface area contributed by atoms with Crippen LogP contribution in [0.4, 0.5) is 0 Å². The van der Waals surface area contributed by atoms with Crippen LogP contribution >= 0.6 is 0 Å². The average molecular weight is 201 g/mol. The zero-order chi connectivity index (χ0) is 11.4. The molecule has 0 radical (unpaired) electrons. The van der Waals surface area contributed by atoms with Crippen molar-refractivity contribution in [2.45, 2.75) is 59.0 Å². The third kappa shape index (κ3) is 4.61. The van der Waals surface area contributed by atoms with Crippen molar-refractivity contribution in [2.75, 3.05) is 0 Å². The maximum absolute atomic E-state index is 10.7. The van der Waals surface area contributed by atoms with Gasteiger partial charge in [-0.25, -0.2) is 0 Å². The summed E-state index contributed by atoms with van der Waals surface area (Å²) in [5.41, 5.74) is 0.0257. The van der Waals surface area contributed by atoms with E-state index >= 15 is 0 Å². The van der Waals surface area contributed by atoms with Gasteiger partial charge in [0.25, 0.3) is 0 Å². The third-order valence-corrected chi connectivity index (χ3v) is 2.63. The first kappa shape index (κ1) is 13.4. The second-order valence-electron chi connectivity index (χ2n) is 4.69. The Labute approximate surface area is 86.9 Å². The molecule has 2 atom stereocenters. The second-order valence-corrected chi connectivity index (χ2v) is 4.69. The number of rotatable bonds is 6. The molecule has 0 aliphatic rings. The summed E-state index contributed by atoms with van der Waals surface area (Å²) >= 11 is 0. The summed E-state index contributed by atoms with van der Waals surface area (Å²) < 4.78 is 0. The molecule has 84 valence electrons. The third-order valence-electron chi connectivity index (χ3n) is 2.63. The van der Waals surface area contributed by atoms with Gasteiger partial charge in [0.2, 0.25) is 0 Å². The van der Waals surface area contributed by atoms with E-state index in [0.29, 0.717) is 0 Å². The first-order valence-electron chi connectivity index (χ1n) is 5.30. The van der Waals surface area contributed by atoms with E-state index < -0.39 is 5.97 Å². The van der Waals surface area contributed by atoms with Crippen LogP contribution in [0.15, 0.2) is 0 Å². The zero-order valence-electron chi connectivity index (χ0n) is 9.92. The molecule has 0 heterocycles. The lowest BCUT2D eigenvalue weighted by Gasteiger charge is -2.31. The van der Waals surface area contributed by atoms with Gasteiger partial charge in [-0.05, 0) is 27.2 Å². The highest BCUT2D eigenvalue weighted by molar-refractivity contribution is 5.70. The van der Waals surface area contributed by atoms with Crippen molar-refractivity contribution >= 4 is 5.97 Å². The minimum absolute atomic E-state index is 0.00838. The Bertz CT molecular complexity index is 190. The summed E-state index contributed by atoms with van der Waals surface area (Å²) in [5, 5.41) is 12.2. The van der Waals surface area contributed by atoms with Crippen LogP contribution in [0.1, 0.15) is 47.5 Å². The number of carboxylic acids is 1. The van der Waals surface area contributed by atoms with Crippen molar-refractivity contribution in [2.24, 2.45) is 5.92 Å². The number of hydrogen-bond acceptors (Lipinski definition) is 2. The van der Waals surface area contributed by atoms with Crippen molar-refractivity contribution < 1.29 is 9.90 Å². The minimum atomic E-state index is -0.739. The predicted molar refractivity (Wildman–Crippen MR) is 58.4 cm³/mol. The van der Waals surface area contributed by atoms with E-state index in [1.165, 1.54) is 0 Å². The van der Waals surface area contributed by atoms with Gasteiger partial charge < -0.3 is 10.4 Å². The lowest BCUT2D eigenvalue weighted by molar-refractivity contribution is -0.142. The molecular weight excluding hydrogens is 178 g/mol. The van der Waals surface area contributed by atoms with Crippen LogP contribution in [0.5, 0.6) is 0 Å². The molecular formula is C11H23NO2. The van der Waals surface area contributed by atoms with Crippen LogP contribution in [0.3, 0.4) is 0 Å². The standard InChI is InChI=1S/C11H23NO2/c1-6-7-11(4,5)12-9(3)8(2)10(13)14/h8-9,12H,6-7H2,1-5H3,(H,13,14). The quantitative estimate of drug-likeness (QED) is 0.693. The van der Waals surface area contributed by atoms with Crippen LogP contribution in [0.25, 0.3) is 0 Å². The van der Waals surface area contributed by atoms with Gasteiger partial charge in [-0.2, -0.15) is 0 Å². The molecule has 0 aliphatic carbocycles. The fourth-order valence-corrected chi connectivity index (χ4v) is 1.65. The van der Waals surface area contributed by atoms with Crippen molar-refractivity contribution in [1.82, 2.24) is 5.32 Å². The number of carbonyl (C=O) groups is 1. The van der Waals surface area contributed by atoms with Gasteiger partial charge in [-0.1, -0.05) is 20.3 Å². The molecule has 0 aromatic heterocycles. The van der Waals surface area contributed by atoms with Crippen molar-refractivity contribution in [3.63, 3.8) is 0 Å². The van der Waals surface area contributed by atoms with Gasteiger partial charge in [0.1, 0.15) is 0 Å². The number of carboxylic acid groups (broad SMARTS) is 1. The van der Waals surface area contributed by atoms with E-state index in [1.807, 2.05) is 6.92 Å². The molecule has 3 nitrogen and oxygen atoms in total. The summed E-state index contributed by atoms with van der Waals surface area (Å²) in [6, 6.07) is 0.00838. The van der Waals surface area contributed by atoms with Crippen LogP contribution < -0.4 is 5.32 Å². The monoisotopic (exact) mass is 201 g/mol. The maximum atomic E-state index is 10.7. The first-order valence-corrected chi connectivity index (χ1v) is 5.30. The Balaban J connectivity index is 4.16. The molecule has 2 unspecified atom stereocenters. The summed E-state index contributed by atoms with van der Waals surface area (Å²) in [6.45, 7) is 10.0. The molecule has 0 spiro atoms. The van der Waals surface area contributed by atoms with E-state index in [1.54, 1.807) is 6.92 Å². The Kier molecular flexibility index (Phi) is 5.13. The number of hydrogen-bond donors (Lipinski definition) is 2. The molecule has 14 heavy (non-hydrogen) atoms. The first-order chi connectivity index (χ1) is 6.30. The number of nitrogens with one attached hydrogen (secondary N) is 1. The fourth-order valence-electron chi connectivity index (χ4n) is 1.65. The molecule has 0 saturated heterocycles. The molecule has 0 amide bonds. The molecule has 2 N–H and O–H groups in total. The lowest BCUT2D eigenvalue weighted by Crippen LogP contribution is -2.48. The highest BCUT2D eigenvalue weighted by Gasteiger charge is 2.25. The smallest absolute Gasteiger partial charge is 0.307 e. The zero-order valence-corrected chi connectivity index (χ0v) is 9.92. The Morgan fingerprint density at radius 2 is 1.93 bits per heavy atom. The van der Waals surface area contributed by atoms with Gasteiger partial charge in [0.05, 0.1) is 5.92 Å². The fraction of sp³-hybridized carbons (Fsp3) is 0.909. The SMILES string of the molecule is CCCC(C)(C)NC(C)C(C)C(=O)O. The summed E-state index contributed by atoms with van der Waals surface area (Å²) in [7, 11) is 0. The average Bonchev–Trinajstić information content (AvgIpc) is 2.01. The molecule has 0 aliphatic heterocycles. The molecule has 0 rings (SSSR count). The normalized spacial score (nSPS) is 16.4. The van der Waals surface area contributed by atoms with Gasteiger partial charge in [0, 0.05) is 11.6 Å². The Morgan fingerprint density at radius 3 is 2.29 bits per heavy atom. The highest BCUT2D eigenvalue weighted by atomic mass is 16.4. The van der Waals surface area contributed by atoms with E-state index in [2.05, 4.69) is 26.1 Å². The number of aliphatic carboxylic acids is 1.